The first-order valence-electron chi connectivity index (χ1n) is 9.27. The lowest BCUT2D eigenvalue weighted by Crippen LogP contribution is -2.39. The van der Waals surface area contributed by atoms with Crippen LogP contribution in [-0.2, 0) is 10.0 Å². The van der Waals surface area contributed by atoms with E-state index in [0.29, 0.717) is 0 Å². The molecule has 1 atom stereocenters. The van der Waals surface area contributed by atoms with Crippen molar-refractivity contribution in [1.82, 2.24) is 9.84 Å². The first-order chi connectivity index (χ1) is 13.8. The Morgan fingerprint density at radius 3 is 1.97 bits per heavy atom. The zero-order valence-corrected chi connectivity index (χ0v) is 18.5. The molecule has 1 N–H and O–H groups in total. The summed E-state index contributed by atoms with van der Waals surface area (Å²) in [5, 5.41) is 0. The van der Waals surface area contributed by atoms with Crippen molar-refractivity contribution in [2.24, 2.45) is 0 Å². The number of hydrogen-bond acceptors (Lipinski definition) is 3. The predicted octanol–water partition coefficient (Wildman–Crippen LogP) is 5.36. The van der Waals surface area contributed by atoms with Crippen LogP contribution in [0, 0.1) is 13.8 Å². The third-order valence-corrected chi connectivity index (χ3v) is 7.19. The molecule has 3 aromatic rings. The molecule has 4 nitrogen and oxygen atoms in total. The fraction of sp³-hybridized carbons (Fsp3) is 0.130. The molecule has 3 aromatic carbocycles. The molecule has 0 aliphatic carbocycles. The Morgan fingerprint density at radius 1 is 0.828 bits per heavy atom. The van der Waals surface area contributed by atoms with Gasteiger partial charge in [-0.3, -0.25) is 0 Å². The monoisotopic (exact) mass is 468 g/mol. The zero-order valence-electron chi connectivity index (χ0n) is 16.1. The zero-order chi connectivity index (χ0) is 20.6. The van der Waals surface area contributed by atoms with Gasteiger partial charge in [-0.25, -0.2) is 8.42 Å². The van der Waals surface area contributed by atoms with E-state index >= 15 is 0 Å². The van der Waals surface area contributed by atoms with E-state index < -0.39 is 16.1 Å². The van der Waals surface area contributed by atoms with E-state index in [1.807, 2.05) is 80.6 Å². The topological polar surface area (TPSA) is 49.4 Å². The molecule has 148 valence electrons. The van der Waals surface area contributed by atoms with Crippen molar-refractivity contribution < 1.29 is 8.42 Å². The van der Waals surface area contributed by atoms with Crippen LogP contribution >= 0.6 is 15.9 Å². The summed E-state index contributed by atoms with van der Waals surface area (Å²) in [6.45, 7) is 3.96. The molecule has 0 saturated heterocycles. The molecule has 0 unspecified atom stereocenters. The smallest absolute Gasteiger partial charge is 0.260 e. The van der Waals surface area contributed by atoms with Crippen molar-refractivity contribution in [3.63, 3.8) is 0 Å². The van der Waals surface area contributed by atoms with Gasteiger partial charge >= 0.3 is 0 Å². The number of nitrogens with zero attached hydrogens (tertiary/aromatic N) is 1. The van der Waals surface area contributed by atoms with Gasteiger partial charge in [0.25, 0.3) is 10.0 Å². The second kappa shape index (κ2) is 7.78. The van der Waals surface area contributed by atoms with Crippen LogP contribution in [0.25, 0.3) is 5.70 Å². The number of hydrazine groups is 1. The Balaban J connectivity index is 1.78. The molecule has 0 amide bonds. The average Bonchev–Trinajstić information content (AvgIpc) is 3.16. The molecule has 1 heterocycles. The van der Waals surface area contributed by atoms with Crippen molar-refractivity contribution >= 4 is 31.7 Å². The van der Waals surface area contributed by atoms with Crippen LogP contribution in [0.2, 0.25) is 0 Å². The van der Waals surface area contributed by atoms with Crippen LogP contribution < -0.4 is 5.43 Å². The number of hydrogen-bond donors (Lipinski definition) is 1. The SMILES string of the molecule is Cc1ccc(C2=C[C@@H](c3ccc(Br)cc3)N(S(=O)(=O)c3ccc(C)cc3)N2)cc1. The highest BCUT2D eigenvalue weighted by molar-refractivity contribution is 9.10. The predicted molar refractivity (Wildman–Crippen MR) is 119 cm³/mol. The molecule has 1 aliphatic heterocycles. The molecular weight excluding hydrogens is 448 g/mol. The Kier molecular flexibility index (Phi) is 5.34. The van der Waals surface area contributed by atoms with Crippen LogP contribution in [0.3, 0.4) is 0 Å². The van der Waals surface area contributed by atoms with E-state index in [-0.39, 0.29) is 4.90 Å². The van der Waals surface area contributed by atoms with Crippen molar-refractivity contribution in [3.8, 4) is 0 Å². The van der Waals surface area contributed by atoms with Crippen LogP contribution in [0.5, 0.6) is 0 Å². The molecule has 1 aliphatic rings. The molecule has 6 heteroatoms. The minimum absolute atomic E-state index is 0.260. The second-order valence-electron chi connectivity index (χ2n) is 7.17. The summed E-state index contributed by atoms with van der Waals surface area (Å²) in [4.78, 5) is 0.260. The molecule has 0 radical (unpaired) electrons. The standard InChI is InChI=1S/C23H21BrN2O2S/c1-16-3-7-18(8-4-16)22-15-23(19-9-11-20(24)12-10-19)26(25-22)29(27,28)21-13-5-17(2)6-14-21/h3-15,23,25H,1-2H3/t23-/m0/s1. The van der Waals surface area contributed by atoms with E-state index in [4.69, 9.17) is 0 Å². The highest BCUT2D eigenvalue weighted by atomic mass is 79.9. The van der Waals surface area contributed by atoms with Gasteiger partial charge in [-0.1, -0.05) is 75.6 Å². The third kappa shape index (κ3) is 4.01. The molecule has 0 aromatic heterocycles. The Hall–Kier alpha value is -2.41. The molecular formula is C23H21BrN2O2S. The van der Waals surface area contributed by atoms with Gasteiger partial charge in [0.15, 0.2) is 0 Å². The Labute approximate surface area is 180 Å². The molecule has 4 rings (SSSR count). The summed E-state index contributed by atoms with van der Waals surface area (Å²) in [7, 11) is -3.75. The van der Waals surface area contributed by atoms with Gasteiger partial charge in [0.1, 0.15) is 0 Å². The third-order valence-electron chi connectivity index (χ3n) is 4.96. The van der Waals surface area contributed by atoms with Gasteiger partial charge in [0.05, 0.1) is 16.6 Å². The van der Waals surface area contributed by atoms with Crippen LogP contribution in [0.1, 0.15) is 28.3 Å². The van der Waals surface area contributed by atoms with Crippen LogP contribution in [0.15, 0.2) is 88.2 Å². The maximum absolute atomic E-state index is 13.4. The van der Waals surface area contributed by atoms with Gasteiger partial charge in [-0.15, -0.1) is 4.41 Å². The summed E-state index contributed by atoms with van der Waals surface area (Å²) in [5.41, 5.74) is 7.91. The molecule has 0 fully saturated rings. The van der Waals surface area contributed by atoms with Crippen molar-refractivity contribution in [2.75, 3.05) is 0 Å². The molecule has 0 bridgehead atoms. The van der Waals surface area contributed by atoms with Crippen molar-refractivity contribution in [1.29, 1.82) is 0 Å². The van der Waals surface area contributed by atoms with Crippen molar-refractivity contribution in [2.45, 2.75) is 24.8 Å². The first kappa shape index (κ1) is 19.9. The maximum Gasteiger partial charge on any atom is 0.260 e. The quantitative estimate of drug-likeness (QED) is 0.560. The maximum atomic E-state index is 13.4. The van der Waals surface area contributed by atoms with Crippen LogP contribution in [0.4, 0.5) is 0 Å². The summed E-state index contributed by atoms with van der Waals surface area (Å²) >= 11 is 3.44. The fourth-order valence-corrected chi connectivity index (χ4v) is 4.94. The van der Waals surface area contributed by atoms with Gasteiger partial charge in [0, 0.05) is 4.47 Å². The lowest BCUT2D eigenvalue weighted by molar-refractivity contribution is 0.348. The number of halogens is 1. The van der Waals surface area contributed by atoms with E-state index in [9.17, 15) is 8.42 Å². The number of sulfonamides is 1. The average molecular weight is 469 g/mol. The largest absolute Gasteiger partial charge is 0.304 e. The van der Waals surface area contributed by atoms with Gasteiger partial charge in [0.2, 0.25) is 0 Å². The normalized spacial score (nSPS) is 17.1. The summed E-state index contributed by atoms with van der Waals surface area (Å²) < 4.78 is 29.2. The molecule has 0 saturated carbocycles. The number of aryl methyl sites for hydroxylation is 2. The lowest BCUT2D eigenvalue weighted by Gasteiger charge is -2.25. The first-order valence-corrected chi connectivity index (χ1v) is 11.5. The van der Waals surface area contributed by atoms with Gasteiger partial charge in [-0.2, -0.15) is 0 Å². The summed E-state index contributed by atoms with van der Waals surface area (Å²) in [5.74, 6) is 0. The highest BCUT2D eigenvalue weighted by Crippen LogP contribution is 2.35. The van der Waals surface area contributed by atoms with E-state index in [1.165, 1.54) is 4.41 Å². The van der Waals surface area contributed by atoms with E-state index in [0.717, 1.165) is 32.4 Å². The Bertz CT molecular complexity index is 1150. The summed E-state index contributed by atoms with van der Waals surface area (Å²) in [6, 6.07) is 22.2. The van der Waals surface area contributed by atoms with E-state index in [1.54, 1.807) is 12.1 Å². The van der Waals surface area contributed by atoms with Crippen LogP contribution in [-0.4, -0.2) is 12.8 Å². The summed E-state index contributed by atoms with van der Waals surface area (Å²) in [6.07, 6.45) is 1.96. The minimum atomic E-state index is -3.75. The molecule has 29 heavy (non-hydrogen) atoms. The Morgan fingerprint density at radius 2 is 1.38 bits per heavy atom. The van der Waals surface area contributed by atoms with E-state index in [2.05, 4.69) is 21.4 Å². The second-order valence-corrected chi connectivity index (χ2v) is 9.90. The lowest BCUT2D eigenvalue weighted by atomic mass is 10.0. The van der Waals surface area contributed by atoms with Gasteiger partial charge in [-0.05, 0) is 55.3 Å². The van der Waals surface area contributed by atoms with Gasteiger partial charge < -0.3 is 5.43 Å². The minimum Gasteiger partial charge on any atom is -0.304 e. The highest BCUT2D eigenvalue weighted by Gasteiger charge is 2.36. The molecule has 0 spiro atoms. The number of rotatable bonds is 4. The number of nitrogens with one attached hydrogen (secondary N) is 1. The van der Waals surface area contributed by atoms with Crippen molar-refractivity contribution in [3.05, 3.63) is 106 Å². The number of benzene rings is 3. The fourth-order valence-electron chi connectivity index (χ4n) is 3.27.